The fourth-order valence-electron chi connectivity index (χ4n) is 4.52. The molecule has 0 rings (SSSR count). The molecule has 0 aromatic heterocycles. The summed E-state index contributed by atoms with van der Waals surface area (Å²) in [4.78, 5) is 50.7. The first-order chi connectivity index (χ1) is 27.7. The van der Waals surface area contributed by atoms with Crippen molar-refractivity contribution in [3.05, 3.63) is 0 Å². The number of carboxylic acids is 5. The van der Waals surface area contributed by atoms with E-state index in [0.717, 1.165) is 38.6 Å². The van der Waals surface area contributed by atoms with Gasteiger partial charge in [-0.1, -0.05) is 103 Å². The first-order valence-electron chi connectivity index (χ1n) is 21.0. The van der Waals surface area contributed by atoms with Crippen LogP contribution in [0.2, 0.25) is 0 Å². The van der Waals surface area contributed by atoms with E-state index in [1.807, 2.05) is 0 Å². The molecule has 0 aromatic carbocycles. The largest absolute Gasteiger partial charge is 0.480 e. The maximum Gasteiger partial charge on any atom is 0.323 e. The maximum absolute atomic E-state index is 11.2. The van der Waals surface area contributed by atoms with Gasteiger partial charge in [-0.05, 0) is 65.6 Å². The van der Waals surface area contributed by atoms with Crippen LogP contribution in [0.15, 0.2) is 0 Å². The standard InChI is InChI=1S/C22H46N2O2.C6H14N2O2.2C4H9NO3.C3H7NO3/c1-2-3-4-5-6-7-8-9-10-11-12-13-14-17-20-24-21(22(25)26)18-15-16-19-23;7-4-2-1-3-5(8)6(9)10;2*1-2(6)3(5)4(7)8;4-2(1-5)3(6)7/h21,24H,2-20,23H2,1H3,(H,25,26);5H,1-4,7-8H2,(H,9,10);2*2-3,6H,5H2,1H3,(H,7,8);2,5H,1,4H2,(H,6,7)/t21-;5-;2*2-,3+;2-/m00110/s1. The summed E-state index contributed by atoms with van der Waals surface area (Å²) in [5.41, 5.74) is 30.5. The number of hydrogen-bond donors (Lipinski definition) is 15. The Bertz CT molecular complexity index is 975. The van der Waals surface area contributed by atoms with Gasteiger partial charge in [-0.3, -0.25) is 24.0 Å². The number of aliphatic hydroxyl groups is 3. The molecule has 20 heteroatoms. The number of carbonyl (C=O) groups is 5. The molecule has 0 fully saturated rings. The third-order valence-electron chi connectivity index (χ3n) is 8.58. The lowest BCUT2D eigenvalue weighted by atomic mass is 10.0. The summed E-state index contributed by atoms with van der Waals surface area (Å²) < 4.78 is 0. The molecular weight excluding hydrogens is 774 g/mol. The number of carboxylic acid groups (broad SMARTS) is 5. The van der Waals surface area contributed by atoms with E-state index in [0.29, 0.717) is 25.9 Å². The molecular formula is C39H85N7O13. The second-order valence-corrected chi connectivity index (χ2v) is 14.3. The summed E-state index contributed by atoms with van der Waals surface area (Å²) in [6, 6.07) is -4.56. The van der Waals surface area contributed by atoms with Gasteiger partial charge < -0.3 is 80.6 Å². The Balaban J connectivity index is -0.000000240. The zero-order valence-corrected chi connectivity index (χ0v) is 36.1. The topological polar surface area (TPSA) is 415 Å². The van der Waals surface area contributed by atoms with Crippen LogP contribution in [-0.4, -0.2) is 139 Å². The molecule has 0 unspecified atom stereocenters. The van der Waals surface area contributed by atoms with Crippen LogP contribution in [0.4, 0.5) is 0 Å². The number of hydrogen-bond acceptors (Lipinski definition) is 15. The number of aliphatic hydroxyl groups excluding tert-OH is 3. The molecule has 0 saturated heterocycles. The molecule has 0 amide bonds. The molecule has 0 aliphatic rings. The fraction of sp³-hybridized carbons (Fsp3) is 0.872. The lowest BCUT2D eigenvalue weighted by molar-refractivity contribution is -0.141. The summed E-state index contributed by atoms with van der Waals surface area (Å²) in [6.45, 7) is 6.50. The monoisotopic (exact) mass is 860 g/mol. The second kappa shape index (κ2) is 47.6. The smallest absolute Gasteiger partial charge is 0.323 e. The lowest BCUT2D eigenvalue weighted by Gasteiger charge is -2.14. The highest BCUT2D eigenvalue weighted by Gasteiger charge is 2.17. The maximum atomic E-state index is 11.2. The van der Waals surface area contributed by atoms with E-state index >= 15 is 0 Å². The average molecular weight is 860 g/mol. The van der Waals surface area contributed by atoms with Gasteiger partial charge in [0.15, 0.2) is 0 Å². The average Bonchev–Trinajstić information content (AvgIpc) is 3.18. The van der Waals surface area contributed by atoms with Crippen molar-refractivity contribution in [3.63, 3.8) is 0 Å². The molecule has 0 aromatic rings. The Kier molecular flexibility index (Phi) is 52.5. The molecule has 0 aliphatic carbocycles. The molecule has 0 heterocycles. The van der Waals surface area contributed by atoms with E-state index in [1.165, 1.54) is 97.3 Å². The SMILES string of the molecule is CCCCCCCCCCCCCCCCN[C@@H](CCCCN)C(=O)O.C[C@@H](O)[C@H](N)C(=O)O.C[C@@H](O)[C@H](N)C(=O)O.NCCCC[C@H](N)C(=O)O.N[C@@H](CO)C(=O)O. The third kappa shape index (κ3) is 52.9. The molecule has 59 heavy (non-hydrogen) atoms. The highest BCUT2D eigenvalue weighted by molar-refractivity contribution is 5.74. The summed E-state index contributed by atoms with van der Waals surface area (Å²) in [5, 5.41) is 69.7. The van der Waals surface area contributed by atoms with Crippen LogP contribution < -0.4 is 39.7 Å². The van der Waals surface area contributed by atoms with Crippen molar-refractivity contribution in [2.24, 2.45) is 34.4 Å². The van der Waals surface area contributed by atoms with Crippen LogP contribution in [0.25, 0.3) is 0 Å². The molecule has 0 bridgehead atoms. The number of nitrogens with one attached hydrogen (secondary N) is 1. The van der Waals surface area contributed by atoms with E-state index < -0.39 is 78.9 Å². The molecule has 0 radical (unpaired) electrons. The Morgan fingerprint density at radius 1 is 0.475 bits per heavy atom. The van der Waals surface area contributed by atoms with Crippen LogP contribution in [0, 0.1) is 0 Å². The minimum absolute atomic E-state index is 0.400. The van der Waals surface area contributed by atoms with E-state index in [9.17, 15) is 29.1 Å². The van der Waals surface area contributed by atoms with E-state index in [4.69, 9.17) is 70.1 Å². The summed E-state index contributed by atoms with van der Waals surface area (Å²) in [7, 11) is 0. The van der Waals surface area contributed by atoms with Crippen LogP contribution >= 0.6 is 0 Å². The molecule has 0 aliphatic heterocycles. The van der Waals surface area contributed by atoms with Crippen molar-refractivity contribution in [1.29, 1.82) is 0 Å². The minimum atomic E-state index is -1.18. The second-order valence-electron chi connectivity index (χ2n) is 14.3. The Morgan fingerprint density at radius 2 is 0.814 bits per heavy atom. The van der Waals surface area contributed by atoms with Crippen molar-refractivity contribution >= 4 is 29.8 Å². The molecule has 21 N–H and O–H groups in total. The zero-order chi connectivity index (χ0) is 46.6. The molecule has 7 atom stereocenters. The van der Waals surface area contributed by atoms with Gasteiger partial charge in [0.05, 0.1) is 18.8 Å². The molecule has 354 valence electrons. The van der Waals surface area contributed by atoms with Gasteiger partial charge >= 0.3 is 29.8 Å². The minimum Gasteiger partial charge on any atom is -0.480 e. The highest BCUT2D eigenvalue weighted by atomic mass is 16.4. The highest BCUT2D eigenvalue weighted by Crippen LogP contribution is 2.13. The Labute approximate surface area is 351 Å². The fourth-order valence-corrected chi connectivity index (χ4v) is 4.52. The van der Waals surface area contributed by atoms with Crippen molar-refractivity contribution < 1.29 is 64.8 Å². The zero-order valence-electron chi connectivity index (χ0n) is 36.1. The van der Waals surface area contributed by atoms with Crippen molar-refractivity contribution in [2.45, 2.75) is 192 Å². The number of unbranched alkanes of at least 4 members (excludes halogenated alkanes) is 15. The van der Waals surface area contributed by atoms with Crippen LogP contribution in [0.5, 0.6) is 0 Å². The summed E-state index contributed by atoms with van der Waals surface area (Å²) >= 11 is 0. The van der Waals surface area contributed by atoms with Gasteiger partial charge in [0, 0.05) is 0 Å². The van der Waals surface area contributed by atoms with Crippen molar-refractivity contribution in [1.82, 2.24) is 5.32 Å². The van der Waals surface area contributed by atoms with Crippen molar-refractivity contribution in [3.8, 4) is 0 Å². The van der Waals surface area contributed by atoms with E-state index in [-0.39, 0.29) is 0 Å². The van der Waals surface area contributed by atoms with Crippen LogP contribution in [-0.2, 0) is 24.0 Å². The predicted octanol–water partition coefficient (Wildman–Crippen LogP) is 1.12. The van der Waals surface area contributed by atoms with Crippen molar-refractivity contribution in [2.75, 3.05) is 26.2 Å². The van der Waals surface area contributed by atoms with Gasteiger partial charge in [-0.25, -0.2) is 0 Å². The lowest BCUT2D eigenvalue weighted by Crippen LogP contribution is -2.39. The van der Waals surface area contributed by atoms with Gasteiger partial charge in [-0.2, -0.15) is 0 Å². The first-order valence-corrected chi connectivity index (χ1v) is 21.0. The van der Waals surface area contributed by atoms with Gasteiger partial charge in [-0.15, -0.1) is 0 Å². The predicted molar refractivity (Wildman–Crippen MR) is 228 cm³/mol. The number of aliphatic carboxylic acids is 5. The molecule has 0 spiro atoms. The summed E-state index contributed by atoms with van der Waals surface area (Å²) in [6.07, 6.45) is 21.6. The van der Waals surface area contributed by atoms with Gasteiger partial charge in [0.25, 0.3) is 0 Å². The van der Waals surface area contributed by atoms with E-state index in [2.05, 4.69) is 12.2 Å². The van der Waals surface area contributed by atoms with Crippen LogP contribution in [0.3, 0.4) is 0 Å². The van der Waals surface area contributed by atoms with Gasteiger partial charge in [0.1, 0.15) is 30.2 Å². The summed E-state index contributed by atoms with van der Waals surface area (Å²) in [5.74, 6) is -5.20. The Morgan fingerprint density at radius 3 is 1.05 bits per heavy atom. The van der Waals surface area contributed by atoms with Gasteiger partial charge in [0.2, 0.25) is 0 Å². The quantitative estimate of drug-likeness (QED) is 0.0421. The molecule has 0 saturated carbocycles. The first kappa shape index (κ1) is 65.1. The third-order valence-corrected chi connectivity index (χ3v) is 8.58. The number of nitrogens with two attached hydrogens (primary N) is 6. The molecule has 20 nitrogen and oxygen atoms in total. The van der Waals surface area contributed by atoms with E-state index in [1.54, 1.807) is 0 Å². The Hall–Kier alpha value is -3.05. The number of rotatable bonds is 32. The normalized spacial score (nSPS) is 14.0. The van der Waals surface area contributed by atoms with Crippen LogP contribution in [0.1, 0.15) is 149 Å².